The van der Waals surface area contributed by atoms with Crippen LogP contribution < -0.4 is 5.32 Å². The summed E-state index contributed by atoms with van der Waals surface area (Å²) in [6, 6.07) is 11.4. The topological polar surface area (TPSA) is 12.0 Å². The lowest BCUT2D eigenvalue weighted by atomic mass is 9.93. The molecule has 2 unspecified atom stereocenters. The Labute approximate surface area is 125 Å². The SMILES string of the molecule is CCC(C)c1ccc(C(NC)c2c(F)cccc2F)cc1. The highest BCUT2D eigenvalue weighted by molar-refractivity contribution is 5.35. The highest BCUT2D eigenvalue weighted by Crippen LogP contribution is 2.28. The molecule has 1 N–H and O–H groups in total. The molecule has 0 spiro atoms. The van der Waals surface area contributed by atoms with Crippen molar-refractivity contribution in [2.45, 2.75) is 32.2 Å². The predicted octanol–water partition coefficient (Wildman–Crippen LogP) is 4.79. The first-order chi connectivity index (χ1) is 10.1. The molecule has 2 atom stereocenters. The molecule has 3 heteroatoms. The van der Waals surface area contributed by atoms with E-state index in [-0.39, 0.29) is 5.56 Å². The number of nitrogens with one attached hydrogen (secondary N) is 1. The maximum Gasteiger partial charge on any atom is 0.131 e. The molecular formula is C18H21F2N. The van der Waals surface area contributed by atoms with Crippen molar-refractivity contribution < 1.29 is 8.78 Å². The van der Waals surface area contributed by atoms with E-state index in [2.05, 4.69) is 19.2 Å². The molecule has 21 heavy (non-hydrogen) atoms. The van der Waals surface area contributed by atoms with E-state index in [9.17, 15) is 8.78 Å². The van der Waals surface area contributed by atoms with Gasteiger partial charge in [0.25, 0.3) is 0 Å². The van der Waals surface area contributed by atoms with Crippen molar-refractivity contribution in [1.82, 2.24) is 5.32 Å². The van der Waals surface area contributed by atoms with Crippen LogP contribution in [0.1, 0.15) is 48.9 Å². The number of rotatable bonds is 5. The lowest BCUT2D eigenvalue weighted by Gasteiger charge is -2.19. The van der Waals surface area contributed by atoms with Crippen molar-refractivity contribution in [3.8, 4) is 0 Å². The van der Waals surface area contributed by atoms with Gasteiger partial charge in [-0.05, 0) is 42.6 Å². The monoisotopic (exact) mass is 289 g/mol. The molecule has 2 aromatic rings. The highest BCUT2D eigenvalue weighted by atomic mass is 19.1. The van der Waals surface area contributed by atoms with E-state index in [1.807, 2.05) is 24.3 Å². The fourth-order valence-electron chi connectivity index (χ4n) is 2.52. The molecule has 0 aromatic heterocycles. The first kappa shape index (κ1) is 15.6. The van der Waals surface area contributed by atoms with Crippen LogP contribution in [0.4, 0.5) is 8.78 Å². The predicted molar refractivity (Wildman–Crippen MR) is 82.4 cm³/mol. The van der Waals surface area contributed by atoms with Gasteiger partial charge < -0.3 is 5.32 Å². The number of halogens is 2. The van der Waals surface area contributed by atoms with Crippen molar-refractivity contribution >= 4 is 0 Å². The van der Waals surface area contributed by atoms with Crippen LogP contribution in [-0.4, -0.2) is 7.05 Å². The van der Waals surface area contributed by atoms with Crippen LogP contribution in [0.2, 0.25) is 0 Å². The maximum absolute atomic E-state index is 14.0. The van der Waals surface area contributed by atoms with Gasteiger partial charge in [0.2, 0.25) is 0 Å². The third-order valence-corrected chi connectivity index (χ3v) is 4.03. The summed E-state index contributed by atoms with van der Waals surface area (Å²) in [4.78, 5) is 0. The van der Waals surface area contributed by atoms with Gasteiger partial charge in [0.15, 0.2) is 0 Å². The Hall–Kier alpha value is -1.74. The molecule has 0 saturated carbocycles. The van der Waals surface area contributed by atoms with Gasteiger partial charge in [0.05, 0.1) is 6.04 Å². The molecule has 0 heterocycles. The average Bonchev–Trinajstić information content (AvgIpc) is 2.50. The Balaban J connectivity index is 2.38. The summed E-state index contributed by atoms with van der Waals surface area (Å²) in [5.41, 5.74) is 2.16. The largest absolute Gasteiger partial charge is 0.309 e. The minimum Gasteiger partial charge on any atom is -0.309 e. The zero-order chi connectivity index (χ0) is 15.4. The fourth-order valence-corrected chi connectivity index (χ4v) is 2.52. The Morgan fingerprint density at radius 1 is 0.952 bits per heavy atom. The van der Waals surface area contributed by atoms with Crippen LogP contribution in [0.5, 0.6) is 0 Å². The maximum atomic E-state index is 14.0. The van der Waals surface area contributed by atoms with Crippen LogP contribution in [0.25, 0.3) is 0 Å². The summed E-state index contributed by atoms with van der Waals surface area (Å²) in [5, 5.41) is 3.00. The molecule has 0 amide bonds. The first-order valence-electron chi connectivity index (χ1n) is 7.29. The summed E-state index contributed by atoms with van der Waals surface area (Å²) < 4.78 is 27.9. The second-order valence-corrected chi connectivity index (χ2v) is 5.33. The van der Waals surface area contributed by atoms with Crippen LogP contribution in [0, 0.1) is 11.6 Å². The summed E-state index contributed by atoms with van der Waals surface area (Å²) in [7, 11) is 1.71. The minimum absolute atomic E-state index is 0.0660. The molecule has 0 saturated heterocycles. The summed E-state index contributed by atoms with van der Waals surface area (Å²) in [5.74, 6) is -0.571. The van der Waals surface area contributed by atoms with Crippen molar-refractivity contribution in [2.24, 2.45) is 0 Å². The van der Waals surface area contributed by atoms with E-state index in [1.54, 1.807) is 7.05 Å². The van der Waals surface area contributed by atoms with Gasteiger partial charge in [-0.3, -0.25) is 0 Å². The molecule has 112 valence electrons. The van der Waals surface area contributed by atoms with Crippen LogP contribution >= 0.6 is 0 Å². The van der Waals surface area contributed by atoms with E-state index in [1.165, 1.54) is 23.8 Å². The van der Waals surface area contributed by atoms with Crippen molar-refractivity contribution in [1.29, 1.82) is 0 Å². The smallest absolute Gasteiger partial charge is 0.131 e. The van der Waals surface area contributed by atoms with E-state index < -0.39 is 17.7 Å². The number of hydrogen-bond donors (Lipinski definition) is 1. The summed E-state index contributed by atoms with van der Waals surface area (Å²) >= 11 is 0. The standard InChI is InChI=1S/C18H21F2N/c1-4-12(2)13-8-10-14(11-9-13)18(21-3)17-15(19)6-5-7-16(17)20/h5-12,18,21H,4H2,1-3H3. The third-order valence-electron chi connectivity index (χ3n) is 4.03. The molecular weight excluding hydrogens is 268 g/mol. The zero-order valence-corrected chi connectivity index (χ0v) is 12.7. The number of hydrogen-bond acceptors (Lipinski definition) is 1. The molecule has 2 rings (SSSR count). The van der Waals surface area contributed by atoms with Gasteiger partial charge in [0.1, 0.15) is 11.6 Å². The highest BCUT2D eigenvalue weighted by Gasteiger charge is 2.20. The molecule has 1 nitrogen and oxygen atoms in total. The van der Waals surface area contributed by atoms with Crippen molar-refractivity contribution in [2.75, 3.05) is 7.05 Å². The average molecular weight is 289 g/mol. The van der Waals surface area contributed by atoms with E-state index >= 15 is 0 Å². The molecule has 0 bridgehead atoms. The lowest BCUT2D eigenvalue weighted by molar-refractivity contribution is 0.522. The normalized spacial score (nSPS) is 14.0. The fraction of sp³-hybridized carbons (Fsp3) is 0.333. The van der Waals surface area contributed by atoms with Crippen LogP contribution in [-0.2, 0) is 0 Å². The molecule has 0 aliphatic carbocycles. The van der Waals surface area contributed by atoms with Gasteiger partial charge in [-0.1, -0.05) is 44.2 Å². The zero-order valence-electron chi connectivity index (χ0n) is 12.7. The molecule has 0 aliphatic heterocycles. The molecule has 0 radical (unpaired) electrons. The Kier molecular flexibility index (Phi) is 5.07. The molecule has 2 aromatic carbocycles. The minimum atomic E-state index is -0.527. The van der Waals surface area contributed by atoms with Gasteiger partial charge in [-0.25, -0.2) is 8.78 Å². The third kappa shape index (κ3) is 3.30. The number of benzene rings is 2. The second kappa shape index (κ2) is 6.81. The summed E-state index contributed by atoms with van der Waals surface area (Å²) in [6.07, 6.45) is 1.07. The Morgan fingerprint density at radius 3 is 1.95 bits per heavy atom. The summed E-state index contributed by atoms with van der Waals surface area (Å²) in [6.45, 7) is 4.31. The second-order valence-electron chi connectivity index (χ2n) is 5.33. The first-order valence-corrected chi connectivity index (χ1v) is 7.29. The van der Waals surface area contributed by atoms with Gasteiger partial charge in [0, 0.05) is 5.56 Å². The van der Waals surface area contributed by atoms with Crippen LogP contribution in [0.15, 0.2) is 42.5 Å². The van der Waals surface area contributed by atoms with Gasteiger partial charge in [-0.15, -0.1) is 0 Å². The van der Waals surface area contributed by atoms with Crippen LogP contribution in [0.3, 0.4) is 0 Å². The van der Waals surface area contributed by atoms with Crippen molar-refractivity contribution in [3.05, 3.63) is 70.8 Å². The van der Waals surface area contributed by atoms with Crippen molar-refractivity contribution in [3.63, 3.8) is 0 Å². The quantitative estimate of drug-likeness (QED) is 0.834. The van der Waals surface area contributed by atoms with Gasteiger partial charge >= 0.3 is 0 Å². The Bertz CT molecular complexity index is 572. The van der Waals surface area contributed by atoms with Gasteiger partial charge in [-0.2, -0.15) is 0 Å². The van der Waals surface area contributed by atoms with E-state index in [0.717, 1.165) is 12.0 Å². The molecule has 0 aliphatic rings. The molecule has 0 fully saturated rings. The Morgan fingerprint density at radius 2 is 1.48 bits per heavy atom. The van der Waals surface area contributed by atoms with E-state index in [0.29, 0.717) is 5.92 Å². The van der Waals surface area contributed by atoms with E-state index in [4.69, 9.17) is 0 Å². The lowest BCUT2D eigenvalue weighted by Crippen LogP contribution is -2.20.